The van der Waals surface area contributed by atoms with Crippen molar-refractivity contribution >= 4 is 37.1 Å². The fraction of sp³-hybridized carbons (Fsp3) is 0. The molecule has 0 aliphatic rings. The molecule has 9 nitrogen and oxygen atoms in total. The maximum absolute atomic E-state index is 12.4. The molecule has 0 radical (unpaired) electrons. The summed E-state index contributed by atoms with van der Waals surface area (Å²) in [6.07, 6.45) is 0. The predicted molar refractivity (Wildman–Crippen MR) is 108 cm³/mol. The zero-order valence-corrected chi connectivity index (χ0v) is 16.4. The Kier molecular flexibility index (Phi) is 5.52. The molecule has 0 bridgehead atoms. The average molecular weight is 433 g/mol. The molecule has 0 fully saturated rings. The summed E-state index contributed by atoms with van der Waals surface area (Å²) in [5.41, 5.74) is 0.233. The Morgan fingerprint density at radius 2 is 1.03 bits per heavy atom. The minimum absolute atomic E-state index is 0.1000. The number of hydrogen-bond donors (Lipinski definition) is 2. The first-order chi connectivity index (χ1) is 13.7. The summed E-state index contributed by atoms with van der Waals surface area (Å²) in [5, 5.41) is 10.7. The van der Waals surface area contributed by atoms with Crippen molar-refractivity contribution in [3.63, 3.8) is 0 Å². The molecule has 0 atom stereocenters. The first kappa shape index (κ1) is 20.3. The van der Waals surface area contributed by atoms with E-state index < -0.39 is 25.0 Å². The number of hydrogen-bond acceptors (Lipinski definition) is 6. The molecule has 3 aromatic carbocycles. The van der Waals surface area contributed by atoms with E-state index in [1.165, 1.54) is 36.4 Å². The van der Waals surface area contributed by atoms with Crippen molar-refractivity contribution in [2.45, 2.75) is 9.79 Å². The topological polar surface area (TPSA) is 135 Å². The van der Waals surface area contributed by atoms with Gasteiger partial charge in [0.25, 0.3) is 25.7 Å². The van der Waals surface area contributed by atoms with Gasteiger partial charge < -0.3 is 0 Å². The van der Waals surface area contributed by atoms with E-state index in [4.69, 9.17) is 0 Å². The normalized spacial score (nSPS) is 11.6. The first-order valence-electron chi connectivity index (χ1n) is 8.13. The fourth-order valence-corrected chi connectivity index (χ4v) is 4.52. The minimum atomic E-state index is -3.96. The standard InChI is InChI=1S/C18H15N3O6S2/c22-21(23)16-10-12-18(13-11-16)29(26,27)20-15-8-6-14(7-9-15)19-28(24,25)17-4-2-1-3-5-17/h1-13,19-20H. The molecule has 0 heterocycles. The summed E-state index contributed by atoms with van der Waals surface area (Å²) < 4.78 is 54.1. The van der Waals surface area contributed by atoms with Crippen molar-refractivity contribution in [2.75, 3.05) is 9.44 Å². The number of sulfonamides is 2. The predicted octanol–water partition coefficient (Wildman–Crippen LogP) is 3.20. The van der Waals surface area contributed by atoms with E-state index in [0.29, 0.717) is 0 Å². The zero-order valence-electron chi connectivity index (χ0n) is 14.7. The number of anilines is 2. The molecule has 29 heavy (non-hydrogen) atoms. The largest absolute Gasteiger partial charge is 0.280 e. The maximum Gasteiger partial charge on any atom is 0.269 e. The highest BCUT2D eigenvalue weighted by atomic mass is 32.2. The molecule has 0 amide bonds. The molecule has 0 aliphatic heterocycles. The summed E-state index contributed by atoms with van der Waals surface area (Å²) in [6, 6.07) is 17.9. The van der Waals surface area contributed by atoms with Crippen molar-refractivity contribution in [3.8, 4) is 0 Å². The van der Waals surface area contributed by atoms with Gasteiger partial charge in [0, 0.05) is 23.5 Å². The highest BCUT2D eigenvalue weighted by Gasteiger charge is 2.17. The van der Waals surface area contributed by atoms with Gasteiger partial charge in [-0.05, 0) is 48.5 Å². The third kappa shape index (κ3) is 4.89. The quantitative estimate of drug-likeness (QED) is 0.434. The number of nitrogens with zero attached hydrogens (tertiary/aromatic N) is 1. The van der Waals surface area contributed by atoms with Gasteiger partial charge in [0.05, 0.1) is 14.7 Å². The highest BCUT2D eigenvalue weighted by molar-refractivity contribution is 7.93. The minimum Gasteiger partial charge on any atom is -0.280 e. The molecule has 0 saturated heterocycles. The Hall–Kier alpha value is -3.44. The van der Waals surface area contributed by atoms with Crippen LogP contribution in [0, 0.1) is 10.1 Å². The number of nitro groups is 1. The van der Waals surface area contributed by atoms with Gasteiger partial charge in [-0.3, -0.25) is 19.6 Å². The highest BCUT2D eigenvalue weighted by Crippen LogP contribution is 2.22. The monoisotopic (exact) mass is 433 g/mol. The first-order valence-corrected chi connectivity index (χ1v) is 11.1. The van der Waals surface area contributed by atoms with Crippen LogP contribution >= 0.6 is 0 Å². The lowest BCUT2D eigenvalue weighted by Crippen LogP contribution is -2.14. The molecule has 0 aromatic heterocycles. The van der Waals surface area contributed by atoms with Gasteiger partial charge in [-0.25, -0.2) is 16.8 Å². The van der Waals surface area contributed by atoms with Crippen LogP contribution in [0.15, 0.2) is 88.7 Å². The van der Waals surface area contributed by atoms with Gasteiger partial charge in [0.15, 0.2) is 0 Å². The molecular weight excluding hydrogens is 418 g/mol. The molecule has 0 saturated carbocycles. The maximum atomic E-state index is 12.4. The van der Waals surface area contributed by atoms with Crippen LogP contribution in [0.2, 0.25) is 0 Å². The second kappa shape index (κ2) is 7.89. The molecule has 2 N–H and O–H groups in total. The Bertz CT molecular complexity index is 1230. The second-order valence-electron chi connectivity index (χ2n) is 5.85. The van der Waals surface area contributed by atoms with E-state index in [0.717, 1.165) is 24.3 Å². The van der Waals surface area contributed by atoms with Crippen LogP contribution in [0.3, 0.4) is 0 Å². The van der Waals surface area contributed by atoms with Crippen molar-refractivity contribution in [2.24, 2.45) is 0 Å². The molecule has 3 rings (SSSR count). The number of rotatable bonds is 7. The number of nitrogens with one attached hydrogen (secondary N) is 2. The molecular formula is C18H15N3O6S2. The lowest BCUT2D eigenvalue weighted by molar-refractivity contribution is -0.384. The van der Waals surface area contributed by atoms with E-state index in [1.54, 1.807) is 18.2 Å². The summed E-state index contributed by atoms with van der Waals surface area (Å²) in [5.74, 6) is 0. The van der Waals surface area contributed by atoms with Crippen LogP contribution in [0.25, 0.3) is 0 Å². The van der Waals surface area contributed by atoms with Gasteiger partial charge in [-0.15, -0.1) is 0 Å². The van der Waals surface area contributed by atoms with Crippen LogP contribution in [0.4, 0.5) is 17.1 Å². The van der Waals surface area contributed by atoms with Crippen LogP contribution in [-0.4, -0.2) is 21.8 Å². The van der Waals surface area contributed by atoms with Crippen LogP contribution in [0.1, 0.15) is 0 Å². The summed E-state index contributed by atoms with van der Waals surface area (Å²) >= 11 is 0. The van der Waals surface area contributed by atoms with Gasteiger partial charge in [0.2, 0.25) is 0 Å². The van der Waals surface area contributed by atoms with Crippen LogP contribution in [-0.2, 0) is 20.0 Å². The van der Waals surface area contributed by atoms with E-state index in [-0.39, 0.29) is 26.9 Å². The average Bonchev–Trinajstić information content (AvgIpc) is 2.70. The third-order valence-corrected chi connectivity index (χ3v) is 6.60. The van der Waals surface area contributed by atoms with E-state index in [1.807, 2.05) is 0 Å². The smallest absolute Gasteiger partial charge is 0.269 e. The van der Waals surface area contributed by atoms with Crippen molar-refractivity contribution in [3.05, 3.63) is 89.0 Å². The third-order valence-electron chi connectivity index (χ3n) is 3.80. The second-order valence-corrected chi connectivity index (χ2v) is 9.22. The van der Waals surface area contributed by atoms with Crippen LogP contribution in [0.5, 0.6) is 0 Å². The fourth-order valence-electron chi connectivity index (χ4n) is 2.38. The van der Waals surface area contributed by atoms with Crippen LogP contribution < -0.4 is 9.44 Å². The molecule has 3 aromatic rings. The zero-order chi connectivity index (χ0) is 21.1. The van der Waals surface area contributed by atoms with Gasteiger partial charge in [-0.2, -0.15) is 0 Å². The summed E-state index contributed by atoms with van der Waals surface area (Å²) in [7, 11) is -7.72. The Labute approximate surface area is 167 Å². The van der Waals surface area contributed by atoms with Gasteiger partial charge in [0.1, 0.15) is 0 Å². The van der Waals surface area contributed by atoms with Gasteiger partial charge in [-0.1, -0.05) is 18.2 Å². The van der Waals surface area contributed by atoms with E-state index >= 15 is 0 Å². The summed E-state index contributed by atoms with van der Waals surface area (Å²) in [4.78, 5) is 10.00. The van der Waals surface area contributed by atoms with Crippen molar-refractivity contribution in [1.29, 1.82) is 0 Å². The van der Waals surface area contributed by atoms with Gasteiger partial charge >= 0.3 is 0 Å². The van der Waals surface area contributed by atoms with Crippen molar-refractivity contribution < 1.29 is 21.8 Å². The SMILES string of the molecule is O=[N+]([O-])c1ccc(S(=O)(=O)Nc2ccc(NS(=O)(=O)c3ccccc3)cc2)cc1. The Morgan fingerprint density at radius 3 is 1.45 bits per heavy atom. The van der Waals surface area contributed by atoms with Crippen molar-refractivity contribution in [1.82, 2.24) is 0 Å². The number of benzene rings is 3. The van der Waals surface area contributed by atoms with E-state index in [2.05, 4.69) is 9.44 Å². The molecule has 11 heteroatoms. The molecule has 0 aliphatic carbocycles. The Morgan fingerprint density at radius 1 is 0.621 bits per heavy atom. The molecule has 0 unspecified atom stereocenters. The molecule has 0 spiro atoms. The Balaban J connectivity index is 1.74. The molecule has 150 valence electrons. The lowest BCUT2D eigenvalue weighted by Gasteiger charge is -2.10. The summed E-state index contributed by atoms with van der Waals surface area (Å²) in [6.45, 7) is 0. The number of non-ortho nitro benzene ring substituents is 1. The van der Waals surface area contributed by atoms with E-state index in [9.17, 15) is 26.9 Å². The number of nitro benzene ring substituents is 1. The lowest BCUT2D eigenvalue weighted by atomic mass is 10.3.